The fourth-order valence-corrected chi connectivity index (χ4v) is 4.47. The van der Waals surface area contributed by atoms with Gasteiger partial charge in [0.05, 0.1) is 0 Å². The fraction of sp³-hybridized carbons (Fsp3) is 0.550. The van der Waals surface area contributed by atoms with Crippen LogP contribution in [0.5, 0.6) is 0 Å². The number of piperidine rings is 1. The monoisotopic (exact) mass is 370 g/mol. The van der Waals surface area contributed by atoms with E-state index in [1.54, 1.807) is 4.90 Å². The van der Waals surface area contributed by atoms with Gasteiger partial charge in [-0.2, -0.15) is 0 Å². The summed E-state index contributed by atoms with van der Waals surface area (Å²) in [6, 6.07) is 5.53. The molecule has 27 heavy (non-hydrogen) atoms. The van der Waals surface area contributed by atoms with Gasteiger partial charge in [0, 0.05) is 31.6 Å². The van der Waals surface area contributed by atoms with Crippen LogP contribution < -0.4 is 10.6 Å². The second-order valence-corrected chi connectivity index (χ2v) is 7.84. The summed E-state index contributed by atoms with van der Waals surface area (Å²) in [4.78, 5) is 40.4. The summed E-state index contributed by atoms with van der Waals surface area (Å²) in [6.45, 7) is 4.49. The third kappa shape index (κ3) is 3.61. The topological polar surface area (TPSA) is 81.8 Å². The van der Waals surface area contributed by atoms with Crippen LogP contribution in [0.15, 0.2) is 18.2 Å². The quantitative estimate of drug-likeness (QED) is 0.738. The highest BCUT2D eigenvalue weighted by Crippen LogP contribution is 2.29. The van der Waals surface area contributed by atoms with Crippen LogP contribution in [-0.2, 0) is 22.7 Å². The van der Waals surface area contributed by atoms with Crippen LogP contribution in [0.3, 0.4) is 0 Å². The van der Waals surface area contributed by atoms with Crippen molar-refractivity contribution in [3.8, 4) is 0 Å². The molecule has 1 aromatic rings. The number of nitrogens with zero attached hydrogens (tertiary/aromatic N) is 2. The molecule has 1 aromatic carbocycles. The van der Waals surface area contributed by atoms with E-state index in [1.807, 2.05) is 19.2 Å². The molecule has 144 valence electrons. The molecule has 3 aliphatic rings. The molecule has 2 unspecified atom stereocenters. The van der Waals surface area contributed by atoms with Crippen LogP contribution in [0.2, 0.25) is 0 Å². The number of hydrogen-bond donors (Lipinski definition) is 2. The Labute approximate surface area is 159 Å². The van der Waals surface area contributed by atoms with E-state index in [9.17, 15) is 14.4 Å². The summed E-state index contributed by atoms with van der Waals surface area (Å²) < 4.78 is 0. The SMILES string of the molecule is CNCC1CCN(Cc2ccc3c(c2)C(=O)N(C2CCC(=O)NC2=O)C3)C1. The molecule has 7 heteroatoms. The molecular formula is C20H26N4O3. The number of carbonyl (C=O) groups is 3. The minimum Gasteiger partial charge on any atom is -0.322 e. The molecule has 3 aliphatic heterocycles. The van der Waals surface area contributed by atoms with Crippen molar-refractivity contribution in [3.05, 3.63) is 34.9 Å². The van der Waals surface area contributed by atoms with Gasteiger partial charge in [0.15, 0.2) is 0 Å². The van der Waals surface area contributed by atoms with Gasteiger partial charge in [0.25, 0.3) is 5.91 Å². The summed E-state index contributed by atoms with van der Waals surface area (Å²) in [5, 5.41) is 5.59. The number of rotatable bonds is 5. The zero-order valence-corrected chi connectivity index (χ0v) is 15.7. The second-order valence-electron chi connectivity index (χ2n) is 7.84. The Morgan fingerprint density at radius 1 is 1.22 bits per heavy atom. The first-order valence-corrected chi connectivity index (χ1v) is 9.68. The Morgan fingerprint density at radius 2 is 2.07 bits per heavy atom. The zero-order chi connectivity index (χ0) is 19.0. The van der Waals surface area contributed by atoms with Crippen molar-refractivity contribution in [2.24, 2.45) is 5.92 Å². The van der Waals surface area contributed by atoms with Crippen LogP contribution in [0, 0.1) is 5.92 Å². The van der Waals surface area contributed by atoms with Crippen molar-refractivity contribution in [1.29, 1.82) is 0 Å². The molecule has 0 bridgehead atoms. The maximum absolute atomic E-state index is 12.9. The number of carbonyl (C=O) groups excluding carboxylic acids is 3. The van der Waals surface area contributed by atoms with Gasteiger partial charge in [0.2, 0.25) is 11.8 Å². The van der Waals surface area contributed by atoms with E-state index in [4.69, 9.17) is 0 Å². The van der Waals surface area contributed by atoms with Crippen LogP contribution in [0.25, 0.3) is 0 Å². The molecule has 0 saturated carbocycles. The Bertz CT molecular complexity index is 778. The molecule has 4 rings (SSSR count). The van der Waals surface area contributed by atoms with Crippen molar-refractivity contribution >= 4 is 17.7 Å². The fourth-order valence-electron chi connectivity index (χ4n) is 4.47. The minimum absolute atomic E-state index is 0.101. The minimum atomic E-state index is -0.549. The maximum Gasteiger partial charge on any atom is 0.255 e. The third-order valence-corrected chi connectivity index (χ3v) is 5.86. The molecule has 2 saturated heterocycles. The lowest BCUT2D eigenvalue weighted by molar-refractivity contribution is -0.136. The van der Waals surface area contributed by atoms with E-state index in [2.05, 4.69) is 21.6 Å². The summed E-state index contributed by atoms with van der Waals surface area (Å²) >= 11 is 0. The van der Waals surface area contributed by atoms with Crippen LogP contribution in [0.4, 0.5) is 0 Å². The highest BCUT2D eigenvalue weighted by atomic mass is 16.2. The average Bonchev–Trinajstić information content (AvgIpc) is 3.20. The molecule has 2 N–H and O–H groups in total. The van der Waals surface area contributed by atoms with Gasteiger partial charge in [0.1, 0.15) is 6.04 Å². The molecule has 3 heterocycles. The summed E-state index contributed by atoms with van der Waals surface area (Å²) in [5.74, 6) is -0.0323. The lowest BCUT2D eigenvalue weighted by Gasteiger charge is -2.29. The number of benzene rings is 1. The van der Waals surface area contributed by atoms with Gasteiger partial charge in [-0.25, -0.2) is 0 Å². The number of hydrogen-bond acceptors (Lipinski definition) is 5. The standard InChI is InChI=1S/C20H26N4O3/c1-21-9-14-6-7-23(11-14)10-13-2-3-15-12-24(20(27)16(15)8-13)17-4-5-18(25)22-19(17)26/h2-3,8,14,17,21H,4-7,9-12H2,1H3,(H,22,25,26). The first-order chi connectivity index (χ1) is 13.0. The normalized spacial score (nSPS) is 25.8. The van der Waals surface area contributed by atoms with E-state index in [1.165, 1.54) is 6.42 Å². The number of imide groups is 1. The Kier molecular flexibility index (Phi) is 4.97. The lowest BCUT2D eigenvalue weighted by atomic mass is 10.0. The number of fused-ring (bicyclic) bond motifs is 1. The number of amides is 3. The van der Waals surface area contributed by atoms with Gasteiger partial charge < -0.3 is 10.2 Å². The number of nitrogens with one attached hydrogen (secondary N) is 2. The van der Waals surface area contributed by atoms with Gasteiger partial charge in [-0.05, 0) is 56.1 Å². The van der Waals surface area contributed by atoms with Crippen molar-refractivity contribution in [1.82, 2.24) is 20.4 Å². The highest BCUT2D eigenvalue weighted by molar-refractivity contribution is 6.05. The second kappa shape index (κ2) is 7.40. The van der Waals surface area contributed by atoms with E-state index in [0.717, 1.165) is 37.3 Å². The van der Waals surface area contributed by atoms with Crippen LogP contribution in [0.1, 0.15) is 40.7 Å². The summed E-state index contributed by atoms with van der Waals surface area (Å²) in [6.07, 6.45) is 1.89. The van der Waals surface area contributed by atoms with E-state index < -0.39 is 6.04 Å². The maximum atomic E-state index is 12.9. The van der Waals surface area contributed by atoms with Gasteiger partial charge in [-0.1, -0.05) is 12.1 Å². The molecule has 3 amide bonds. The van der Waals surface area contributed by atoms with Gasteiger partial charge in [-0.3, -0.25) is 24.6 Å². The third-order valence-electron chi connectivity index (χ3n) is 5.86. The molecular weight excluding hydrogens is 344 g/mol. The number of likely N-dealkylation sites (tertiary alicyclic amines) is 1. The van der Waals surface area contributed by atoms with Crippen molar-refractivity contribution in [2.75, 3.05) is 26.7 Å². The molecule has 7 nitrogen and oxygen atoms in total. The summed E-state index contributed by atoms with van der Waals surface area (Å²) in [5.41, 5.74) is 2.79. The molecule has 0 spiro atoms. The Morgan fingerprint density at radius 3 is 2.85 bits per heavy atom. The first-order valence-electron chi connectivity index (χ1n) is 9.68. The smallest absolute Gasteiger partial charge is 0.255 e. The van der Waals surface area contributed by atoms with Crippen molar-refractivity contribution < 1.29 is 14.4 Å². The highest BCUT2D eigenvalue weighted by Gasteiger charge is 2.39. The lowest BCUT2D eigenvalue weighted by Crippen LogP contribution is -2.52. The van der Waals surface area contributed by atoms with Crippen LogP contribution in [-0.4, -0.2) is 60.2 Å². The summed E-state index contributed by atoms with van der Waals surface area (Å²) in [7, 11) is 1.99. The molecule has 0 aromatic heterocycles. The average molecular weight is 370 g/mol. The van der Waals surface area contributed by atoms with E-state index >= 15 is 0 Å². The van der Waals surface area contributed by atoms with Crippen molar-refractivity contribution in [3.63, 3.8) is 0 Å². The molecule has 2 atom stereocenters. The Hall–Kier alpha value is -2.25. The molecule has 2 fully saturated rings. The van der Waals surface area contributed by atoms with Crippen LogP contribution >= 0.6 is 0 Å². The first kappa shape index (κ1) is 18.1. The predicted molar refractivity (Wildman–Crippen MR) is 99.8 cm³/mol. The van der Waals surface area contributed by atoms with E-state index in [-0.39, 0.29) is 24.1 Å². The zero-order valence-electron chi connectivity index (χ0n) is 15.7. The van der Waals surface area contributed by atoms with Gasteiger partial charge >= 0.3 is 0 Å². The predicted octanol–water partition coefficient (Wildman–Crippen LogP) is 0.489. The van der Waals surface area contributed by atoms with E-state index in [0.29, 0.717) is 24.4 Å². The van der Waals surface area contributed by atoms with Gasteiger partial charge in [-0.15, -0.1) is 0 Å². The van der Waals surface area contributed by atoms with Crippen molar-refractivity contribution in [2.45, 2.75) is 38.4 Å². The molecule has 0 radical (unpaired) electrons. The molecule has 0 aliphatic carbocycles. The Balaban J connectivity index is 1.44. The largest absolute Gasteiger partial charge is 0.322 e.